The van der Waals surface area contributed by atoms with Crippen LogP contribution in [0.25, 0.3) is 0 Å². The van der Waals surface area contributed by atoms with Crippen LogP contribution in [-0.2, 0) is 17.8 Å². The van der Waals surface area contributed by atoms with Gasteiger partial charge >= 0.3 is 0 Å². The zero-order chi connectivity index (χ0) is 14.5. The van der Waals surface area contributed by atoms with Crippen molar-refractivity contribution in [1.29, 1.82) is 0 Å². The minimum absolute atomic E-state index is 0.180. The first-order chi connectivity index (χ1) is 9.54. The number of benzene rings is 1. The van der Waals surface area contributed by atoms with Gasteiger partial charge in [-0.3, -0.25) is 4.79 Å². The Labute approximate surface area is 115 Å². The number of rotatable bonds is 5. The van der Waals surface area contributed by atoms with Gasteiger partial charge in [0.2, 0.25) is 11.8 Å². The maximum Gasteiger partial charge on any atom is 0.237 e. The Morgan fingerprint density at radius 3 is 2.75 bits per heavy atom. The first-order valence-corrected chi connectivity index (χ1v) is 6.15. The third kappa shape index (κ3) is 3.79. The van der Waals surface area contributed by atoms with Gasteiger partial charge in [-0.1, -0.05) is 17.3 Å². The number of nitrogens with zero attached hydrogens (tertiary/aromatic N) is 2. The van der Waals surface area contributed by atoms with E-state index < -0.39 is 6.04 Å². The predicted octanol–water partition coefficient (Wildman–Crippen LogP) is 0.270. The highest BCUT2D eigenvalue weighted by Gasteiger charge is 2.14. The number of nitrogens with two attached hydrogens (primary N) is 1. The molecule has 1 amide bonds. The highest BCUT2D eigenvalue weighted by Crippen LogP contribution is 2.10. The number of aromatic hydroxyl groups is 1. The first kappa shape index (κ1) is 14.0. The molecule has 106 valence electrons. The molecular weight excluding hydrogens is 260 g/mol. The SMILES string of the molecule is Cc1nc(CNC(=O)[C@H](N)Cc2ccc(O)cc2)no1. The lowest BCUT2D eigenvalue weighted by atomic mass is 10.1. The van der Waals surface area contributed by atoms with E-state index in [0.29, 0.717) is 18.1 Å². The van der Waals surface area contributed by atoms with Gasteiger partial charge in [-0.2, -0.15) is 4.98 Å². The highest BCUT2D eigenvalue weighted by molar-refractivity contribution is 5.81. The Hall–Kier alpha value is -2.41. The smallest absolute Gasteiger partial charge is 0.237 e. The van der Waals surface area contributed by atoms with Crippen LogP contribution >= 0.6 is 0 Å². The maximum absolute atomic E-state index is 11.8. The second-order valence-corrected chi connectivity index (χ2v) is 4.42. The molecule has 0 bridgehead atoms. The van der Waals surface area contributed by atoms with Gasteiger partial charge in [-0.05, 0) is 24.1 Å². The Morgan fingerprint density at radius 2 is 2.15 bits per heavy atom. The van der Waals surface area contributed by atoms with E-state index in [1.807, 2.05) is 0 Å². The molecule has 2 aromatic rings. The number of carbonyl (C=O) groups excluding carboxylic acids is 1. The zero-order valence-corrected chi connectivity index (χ0v) is 11.0. The van der Waals surface area contributed by atoms with Gasteiger partial charge < -0.3 is 20.7 Å². The van der Waals surface area contributed by atoms with Crippen molar-refractivity contribution in [3.8, 4) is 5.75 Å². The third-order valence-corrected chi connectivity index (χ3v) is 2.72. The number of nitrogens with one attached hydrogen (secondary N) is 1. The largest absolute Gasteiger partial charge is 0.508 e. The second kappa shape index (κ2) is 6.16. The van der Waals surface area contributed by atoms with Gasteiger partial charge in [-0.15, -0.1) is 0 Å². The van der Waals surface area contributed by atoms with Crippen molar-refractivity contribution >= 4 is 5.91 Å². The van der Waals surface area contributed by atoms with Crippen LogP contribution in [0.5, 0.6) is 5.75 Å². The lowest BCUT2D eigenvalue weighted by molar-refractivity contribution is -0.122. The van der Waals surface area contributed by atoms with Gasteiger partial charge in [0.1, 0.15) is 5.75 Å². The van der Waals surface area contributed by atoms with E-state index in [4.69, 9.17) is 10.3 Å². The number of amides is 1. The lowest BCUT2D eigenvalue weighted by Gasteiger charge is -2.11. The standard InChI is InChI=1S/C13H16N4O3/c1-8-16-12(17-20-8)7-15-13(19)11(14)6-9-2-4-10(18)5-3-9/h2-5,11,18H,6-7,14H2,1H3,(H,15,19)/t11-/m1/s1. The summed E-state index contributed by atoms with van der Waals surface area (Å²) < 4.78 is 4.80. The summed E-state index contributed by atoms with van der Waals surface area (Å²) >= 11 is 0. The molecule has 0 aliphatic rings. The number of aryl methyl sites for hydroxylation is 1. The van der Waals surface area contributed by atoms with Crippen LogP contribution in [0.4, 0.5) is 0 Å². The van der Waals surface area contributed by atoms with Crippen molar-refractivity contribution < 1.29 is 14.4 Å². The van der Waals surface area contributed by atoms with Crippen molar-refractivity contribution in [2.75, 3.05) is 0 Å². The molecular formula is C13H16N4O3. The minimum atomic E-state index is -0.674. The van der Waals surface area contributed by atoms with Gasteiger partial charge in [0.25, 0.3) is 0 Å². The fourth-order valence-corrected chi connectivity index (χ4v) is 1.69. The van der Waals surface area contributed by atoms with Crippen molar-refractivity contribution in [1.82, 2.24) is 15.5 Å². The number of phenolic OH excluding ortho intramolecular Hbond substituents is 1. The monoisotopic (exact) mass is 276 g/mol. The van der Waals surface area contributed by atoms with Crippen LogP contribution in [0.2, 0.25) is 0 Å². The highest BCUT2D eigenvalue weighted by atomic mass is 16.5. The van der Waals surface area contributed by atoms with Gasteiger partial charge in [-0.25, -0.2) is 0 Å². The summed E-state index contributed by atoms with van der Waals surface area (Å²) in [6.07, 6.45) is 0.386. The number of hydrogen-bond donors (Lipinski definition) is 3. The second-order valence-electron chi connectivity index (χ2n) is 4.42. The van der Waals surface area contributed by atoms with E-state index >= 15 is 0 Å². The molecule has 0 saturated heterocycles. The van der Waals surface area contributed by atoms with E-state index in [1.165, 1.54) is 0 Å². The van der Waals surface area contributed by atoms with Gasteiger partial charge in [0, 0.05) is 6.92 Å². The topological polar surface area (TPSA) is 114 Å². The minimum Gasteiger partial charge on any atom is -0.508 e. The summed E-state index contributed by atoms with van der Waals surface area (Å²) in [4.78, 5) is 15.8. The van der Waals surface area contributed by atoms with Crippen LogP contribution < -0.4 is 11.1 Å². The van der Waals surface area contributed by atoms with Crippen molar-refractivity contribution in [2.45, 2.75) is 25.9 Å². The van der Waals surface area contributed by atoms with Crippen LogP contribution in [0.15, 0.2) is 28.8 Å². The molecule has 1 atom stereocenters. The molecule has 0 spiro atoms. The van der Waals surface area contributed by atoms with Crippen LogP contribution in [0.3, 0.4) is 0 Å². The third-order valence-electron chi connectivity index (χ3n) is 2.72. The molecule has 0 fully saturated rings. The molecule has 0 unspecified atom stereocenters. The molecule has 1 aromatic carbocycles. The normalized spacial score (nSPS) is 12.1. The molecule has 7 nitrogen and oxygen atoms in total. The Kier molecular flexibility index (Phi) is 4.31. The van der Waals surface area contributed by atoms with Crippen LogP contribution in [-0.4, -0.2) is 27.2 Å². The number of hydrogen-bond acceptors (Lipinski definition) is 6. The molecule has 0 radical (unpaired) electrons. The average Bonchev–Trinajstić information content (AvgIpc) is 2.84. The van der Waals surface area contributed by atoms with E-state index in [0.717, 1.165) is 5.56 Å². The van der Waals surface area contributed by atoms with Crippen LogP contribution in [0.1, 0.15) is 17.3 Å². The van der Waals surface area contributed by atoms with Crippen molar-refractivity contribution in [3.05, 3.63) is 41.5 Å². The number of carbonyl (C=O) groups is 1. The summed E-state index contributed by atoms with van der Waals surface area (Å²) in [5, 5.41) is 15.5. The van der Waals surface area contributed by atoms with Crippen molar-refractivity contribution in [3.63, 3.8) is 0 Å². The molecule has 7 heteroatoms. The maximum atomic E-state index is 11.8. The number of phenols is 1. The quantitative estimate of drug-likeness (QED) is 0.722. The Balaban J connectivity index is 1.84. The lowest BCUT2D eigenvalue weighted by Crippen LogP contribution is -2.41. The summed E-state index contributed by atoms with van der Waals surface area (Å²) in [5.74, 6) is 0.745. The van der Waals surface area contributed by atoms with E-state index in [2.05, 4.69) is 15.5 Å². The molecule has 4 N–H and O–H groups in total. The van der Waals surface area contributed by atoms with Crippen molar-refractivity contribution in [2.24, 2.45) is 5.73 Å². The summed E-state index contributed by atoms with van der Waals surface area (Å²) in [6, 6.07) is 5.90. The first-order valence-electron chi connectivity index (χ1n) is 6.15. The molecule has 1 aromatic heterocycles. The average molecular weight is 276 g/mol. The fourth-order valence-electron chi connectivity index (χ4n) is 1.69. The van der Waals surface area contributed by atoms with Gasteiger partial charge in [0.15, 0.2) is 5.82 Å². The zero-order valence-electron chi connectivity index (χ0n) is 11.0. The van der Waals surface area contributed by atoms with E-state index in [9.17, 15) is 9.90 Å². The molecule has 2 rings (SSSR count). The Morgan fingerprint density at radius 1 is 1.45 bits per heavy atom. The molecule has 0 saturated carbocycles. The molecule has 0 aliphatic heterocycles. The molecule has 20 heavy (non-hydrogen) atoms. The predicted molar refractivity (Wildman–Crippen MR) is 70.7 cm³/mol. The summed E-state index contributed by atoms with van der Waals surface area (Å²) in [6.45, 7) is 1.86. The number of aromatic nitrogens is 2. The Bertz CT molecular complexity index is 580. The van der Waals surface area contributed by atoms with E-state index in [-0.39, 0.29) is 18.2 Å². The van der Waals surface area contributed by atoms with Gasteiger partial charge in [0.05, 0.1) is 12.6 Å². The summed E-state index contributed by atoms with van der Waals surface area (Å²) in [7, 11) is 0. The van der Waals surface area contributed by atoms with Crippen LogP contribution in [0, 0.1) is 6.92 Å². The molecule has 0 aliphatic carbocycles. The fraction of sp³-hybridized carbons (Fsp3) is 0.308. The van der Waals surface area contributed by atoms with E-state index in [1.54, 1.807) is 31.2 Å². The summed E-state index contributed by atoms with van der Waals surface area (Å²) in [5.41, 5.74) is 6.69. The molecule has 1 heterocycles.